The van der Waals surface area contributed by atoms with Crippen LogP contribution in [0.1, 0.15) is 39.9 Å². The fourth-order valence-electron chi connectivity index (χ4n) is 4.35. The summed E-state index contributed by atoms with van der Waals surface area (Å²) >= 11 is 0. The van der Waals surface area contributed by atoms with Gasteiger partial charge < -0.3 is 15.2 Å². The van der Waals surface area contributed by atoms with Crippen molar-refractivity contribution >= 4 is 33.8 Å². The highest BCUT2D eigenvalue weighted by Crippen LogP contribution is 2.23. The van der Waals surface area contributed by atoms with E-state index in [0.29, 0.717) is 18.7 Å². The Morgan fingerprint density at radius 3 is 2.94 bits per heavy atom. The number of benzene rings is 1. The monoisotopic (exact) mass is 445 g/mol. The zero-order valence-electron chi connectivity index (χ0n) is 18.3. The van der Waals surface area contributed by atoms with Gasteiger partial charge in [0.15, 0.2) is 5.65 Å². The molecule has 33 heavy (non-hydrogen) atoms. The molecule has 4 aromatic rings. The Labute approximate surface area is 188 Å². The van der Waals surface area contributed by atoms with Gasteiger partial charge in [0.2, 0.25) is 0 Å². The summed E-state index contributed by atoms with van der Waals surface area (Å²) < 4.78 is 0. The summed E-state index contributed by atoms with van der Waals surface area (Å²) in [4.78, 5) is 50.6. The minimum Gasteiger partial charge on any atom is -0.348 e. The zero-order valence-corrected chi connectivity index (χ0v) is 18.3. The molecule has 0 saturated carbocycles. The SMILES string of the molecule is Cc1ccc2cc(C(=O)N3CCC(C(C)NC(=O)c4[nH]nc5nc[nH]c(=O)c45)C3)ccc2n1. The Kier molecular flexibility index (Phi) is 5.12. The number of likely N-dealkylation sites (tertiary alicyclic amines) is 1. The number of hydrogen-bond donors (Lipinski definition) is 3. The number of aromatic amines is 2. The smallest absolute Gasteiger partial charge is 0.270 e. The largest absolute Gasteiger partial charge is 0.348 e. The highest BCUT2D eigenvalue weighted by molar-refractivity contribution is 6.03. The van der Waals surface area contributed by atoms with Crippen molar-refractivity contribution in [3.63, 3.8) is 0 Å². The molecule has 1 aliphatic rings. The highest BCUT2D eigenvalue weighted by Gasteiger charge is 2.32. The van der Waals surface area contributed by atoms with Gasteiger partial charge in [-0.25, -0.2) is 4.98 Å². The van der Waals surface area contributed by atoms with Crippen LogP contribution in [-0.2, 0) is 0 Å². The van der Waals surface area contributed by atoms with E-state index in [1.165, 1.54) is 6.33 Å². The summed E-state index contributed by atoms with van der Waals surface area (Å²) in [6.45, 7) is 5.00. The summed E-state index contributed by atoms with van der Waals surface area (Å²) in [6, 6.07) is 9.26. The molecular formula is C23H23N7O3. The van der Waals surface area contributed by atoms with Crippen molar-refractivity contribution in [2.45, 2.75) is 26.3 Å². The maximum atomic E-state index is 13.1. The number of aryl methyl sites for hydroxylation is 1. The normalized spacial score (nSPS) is 16.9. The lowest BCUT2D eigenvalue weighted by Crippen LogP contribution is -2.40. The number of nitrogens with one attached hydrogen (secondary N) is 3. The van der Waals surface area contributed by atoms with E-state index in [-0.39, 0.29) is 34.6 Å². The third kappa shape index (κ3) is 3.84. The van der Waals surface area contributed by atoms with Crippen LogP contribution < -0.4 is 10.9 Å². The molecule has 1 saturated heterocycles. The molecular weight excluding hydrogens is 422 g/mol. The third-order valence-corrected chi connectivity index (χ3v) is 6.24. The number of hydrogen-bond acceptors (Lipinski definition) is 6. The van der Waals surface area contributed by atoms with E-state index in [9.17, 15) is 14.4 Å². The molecule has 1 fully saturated rings. The van der Waals surface area contributed by atoms with Gasteiger partial charge in [-0.3, -0.25) is 24.5 Å². The second kappa shape index (κ2) is 8.12. The van der Waals surface area contributed by atoms with E-state index in [0.717, 1.165) is 23.0 Å². The Hall–Kier alpha value is -4.08. The second-order valence-corrected chi connectivity index (χ2v) is 8.45. The molecule has 2 atom stereocenters. The number of H-pyrrole nitrogens is 2. The second-order valence-electron chi connectivity index (χ2n) is 8.45. The lowest BCUT2D eigenvalue weighted by atomic mass is 10.0. The number of carbonyl (C=O) groups excluding carboxylic acids is 2. The van der Waals surface area contributed by atoms with E-state index >= 15 is 0 Å². The Morgan fingerprint density at radius 2 is 2.09 bits per heavy atom. The standard InChI is InChI=1S/C23H23N7O3/c1-12-3-4-14-9-15(5-6-17(14)26-12)23(33)30-8-7-16(10-30)13(2)27-22(32)19-18-20(29-28-19)24-11-25-21(18)31/h3-6,9,11,13,16H,7-8,10H2,1-2H3,(H,27,32)(H2,24,25,28,29,31). The molecule has 3 aromatic heterocycles. The van der Waals surface area contributed by atoms with Crippen molar-refractivity contribution in [3.05, 3.63) is 64.0 Å². The van der Waals surface area contributed by atoms with Gasteiger partial charge in [0.05, 0.1) is 11.8 Å². The van der Waals surface area contributed by atoms with Crippen molar-refractivity contribution < 1.29 is 9.59 Å². The van der Waals surface area contributed by atoms with Gasteiger partial charge in [-0.1, -0.05) is 6.07 Å². The van der Waals surface area contributed by atoms with Crippen LogP contribution >= 0.6 is 0 Å². The minimum atomic E-state index is -0.426. The molecule has 10 nitrogen and oxygen atoms in total. The zero-order chi connectivity index (χ0) is 23.1. The van der Waals surface area contributed by atoms with Gasteiger partial charge in [0.25, 0.3) is 17.4 Å². The Bertz CT molecular complexity index is 1440. The highest BCUT2D eigenvalue weighted by atomic mass is 16.2. The van der Waals surface area contributed by atoms with Crippen molar-refractivity contribution in [2.24, 2.45) is 5.92 Å². The summed E-state index contributed by atoms with van der Waals surface area (Å²) in [6.07, 6.45) is 2.01. The molecule has 2 unspecified atom stereocenters. The predicted molar refractivity (Wildman–Crippen MR) is 122 cm³/mol. The minimum absolute atomic E-state index is 0.0318. The first-order valence-corrected chi connectivity index (χ1v) is 10.8. The molecule has 10 heteroatoms. The Balaban J connectivity index is 1.26. The lowest BCUT2D eigenvalue weighted by Gasteiger charge is -2.21. The predicted octanol–water partition coefficient (Wildman–Crippen LogP) is 1.78. The van der Waals surface area contributed by atoms with Crippen LogP contribution in [0.4, 0.5) is 0 Å². The first kappa shape index (κ1) is 20.8. The van der Waals surface area contributed by atoms with E-state index in [1.807, 2.05) is 49.1 Å². The lowest BCUT2D eigenvalue weighted by molar-refractivity contribution is 0.0784. The average Bonchev–Trinajstić information content (AvgIpc) is 3.47. The number of aromatic nitrogens is 5. The molecule has 0 bridgehead atoms. The van der Waals surface area contributed by atoms with Gasteiger partial charge in [-0.05, 0) is 50.5 Å². The Morgan fingerprint density at radius 1 is 1.24 bits per heavy atom. The molecule has 168 valence electrons. The molecule has 1 aromatic carbocycles. The van der Waals surface area contributed by atoms with Crippen LogP contribution in [0.25, 0.3) is 21.9 Å². The van der Waals surface area contributed by atoms with Crippen LogP contribution in [0.15, 0.2) is 41.5 Å². The van der Waals surface area contributed by atoms with Crippen LogP contribution in [0.2, 0.25) is 0 Å². The summed E-state index contributed by atoms with van der Waals surface area (Å²) in [5, 5.41) is 10.5. The fourth-order valence-corrected chi connectivity index (χ4v) is 4.35. The van der Waals surface area contributed by atoms with Gasteiger partial charge in [0.1, 0.15) is 11.1 Å². The van der Waals surface area contributed by atoms with Gasteiger partial charge in [0, 0.05) is 35.8 Å². The number of fused-ring (bicyclic) bond motifs is 2. The summed E-state index contributed by atoms with van der Waals surface area (Å²) in [5.41, 5.74) is 2.27. The van der Waals surface area contributed by atoms with E-state index in [2.05, 4.69) is 30.5 Å². The van der Waals surface area contributed by atoms with Gasteiger partial charge in [-0.2, -0.15) is 5.10 Å². The van der Waals surface area contributed by atoms with Crippen LogP contribution in [0.5, 0.6) is 0 Å². The first-order chi connectivity index (χ1) is 15.9. The third-order valence-electron chi connectivity index (χ3n) is 6.24. The van der Waals surface area contributed by atoms with Crippen LogP contribution in [0.3, 0.4) is 0 Å². The molecule has 0 radical (unpaired) electrons. The van der Waals surface area contributed by atoms with Crippen molar-refractivity contribution in [1.82, 2.24) is 35.4 Å². The molecule has 0 spiro atoms. The molecule has 1 aliphatic heterocycles. The first-order valence-electron chi connectivity index (χ1n) is 10.8. The van der Waals surface area contributed by atoms with Gasteiger partial charge >= 0.3 is 0 Å². The summed E-state index contributed by atoms with van der Waals surface area (Å²) in [5.74, 6) is -0.366. The van der Waals surface area contributed by atoms with Crippen LogP contribution in [0, 0.1) is 12.8 Å². The molecule has 2 amide bonds. The fraction of sp³-hybridized carbons (Fsp3) is 0.304. The number of rotatable bonds is 4. The van der Waals surface area contributed by atoms with Crippen molar-refractivity contribution in [1.29, 1.82) is 0 Å². The molecule has 3 N–H and O–H groups in total. The number of carbonyl (C=O) groups is 2. The quantitative estimate of drug-likeness (QED) is 0.438. The van der Waals surface area contributed by atoms with E-state index in [4.69, 9.17) is 0 Å². The van der Waals surface area contributed by atoms with Crippen molar-refractivity contribution in [3.8, 4) is 0 Å². The van der Waals surface area contributed by atoms with E-state index in [1.54, 1.807) is 0 Å². The van der Waals surface area contributed by atoms with E-state index < -0.39 is 11.5 Å². The number of nitrogens with zero attached hydrogens (tertiary/aromatic N) is 4. The van der Waals surface area contributed by atoms with Crippen molar-refractivity contribution in [2.75, 3.05) is 13.1 Å². The number of pyridine rings is 1. The topological polar surface area (TPSA) is 137 Å². The maximum absolute atomic E-state index is 13.1. The summed E-state index contributed by atoms with van der Waals surface area (Å²) in [7, 11) is 0. The van der Waals surface area contributed by atoms with Crippen LogP contribution in [-0.4, -0.2) is 61.0 Å². The maximum Gasteiger partial charge on any atom is 0.270 e. The molecule has 5 rings (SSSR count). The number of amides is 2. The molecule has 4 heterocycles. The average molecular weight is 445 g/mol. The molecule has 0 aliphatic carbocycles. The van der Waals surface area contributed by atoms with Gasteiger partial charge in [-0.15, -0.1) is 0 Å².